The van der Waals surface area contributed by atoms with E-state index in [2.05, 4.69) is 98.8 Å². The Hall–Kier alpha value is -3.12. The molecule has 0 spiro atoms. The maximum Gasteiger partial charge on any atom is -0.000684 e. The van der Waals surface area contributed by atoms with Crippen molar-refractivity contribution in [1.29, 1.82) is 0 Å². The summed E-state index contributed by atoms with van der Waals surface area (Å²) in [7, 11) is 0. The van der Waals surface area contributed by atoms with Gasteiger partial charge in [0.1, 0.15) is 0 Å². The summed E-state index contributed by atoms with van der Waals surface area (Å²) >= 11 is 0. The topological polar surface area (TPSA) is 0 Å². The van der Waals surface area contributed by atoms with E-state index in [1.807, 2.05) is 0 Å². The summed E-state index contributed by atoms with van der Waals surface area (Å²) in [6, 6.07) is 32.5. The summed E-state index contributed by atoms with van der Waals surface area (Å²) in [5, 5.41) is 0. The zero-order valence-electron chi connectivity index (χ0n) is 15.7. The van der Waals surface area contributed by atoms with E-state index in [-0.39, 0.29) is 0 Å². The van der Waals surface area contributed by atoms with Crippen molar-refractivity contribution in [2.75, 3.05) is 0 Å². The molecule has 0 nitrogen and oxygen atoms in total. The molecule has 1 radical (unpaired) electrons. The number of aryl methyl sites for hydroxylation is 2. The van der Waals surface area contributed by atoms with Crippen LogP contribution in [-0.2, 0) is 6.42 Å². The first kappa shape index (κ1) is 16.1. The van der Waals surface area contributed by atoms with Gasteiger partial charge in [0.05, 0.1) is 0 Å². The Bertz CT molecular complexity index is 1040. The number of rotatable bonds is 2. The largest absolute Gasteiger partial charge is 0.0587 e. The molecule has 0 heterocycles. The predicted molar refractivity (Wildman–Crippen MR) is 114 cm³/mol. The minimum atomic E-state index is 0.962. The van der Waals surface area contributed by atoms with Crippen LogP contribution in [0.5, 0.6) is 0 Å². The molecule has 0 bridgehead atoms. The Labute approximate surface area is 161 Å². The van der Waals surface area contributed by atoms with E-state index in [0.717, 1.165) is 6.42 Å². The second-order valence-electron chi connectivity index (χ2n) is 7.54. The maximum absolute atomic E-state index is 3.67. The fourth-order valence-corrected chi connectivity index (χ4v) is 3.95. The van der Waals surface area contributed by atoms with Gasteiger partial charge in [0.15, 0.2) is 0 Å². The van der Waals surface area contributed by atoms with Gasteiger partial charge in [-0.2, -0.15) is 0 Å². The van der Waals surface area contributed by atoms with E-state index in [4.69, 9.17) is 0 Å². The monoisotopic (exact) mass is 345 g/mol. The molecule has 0 aliphatic heterocycles. The summed E-state index contributed by atoms with van der Waals surface area (Å²) in [5.41, 5.74) is 13.0. The van der Waals surface area contributed by atoms with Crippen LogP contribution in [0.15, 0.2) is 78.9 Å². The van der Waals surface area contributed by atoms with E-state index in [9.17, 15) is 0 Å². The maximum atomic E-state index is 3.67. The lowest BCUT2D eigenvalue weighted by atomic mass is 9.97. The number of fused-ring (bicyclic) bond motifs is 3. The molecule has 1 aliphatic rings. The van der Waals surface area contributed by atoms with Crippen LogP contribution < -0.4 is 0 Å². The highest BCUT2D eigenvalue weighted by Gasteiger charge is 2.19. The highest BCUT2D eigenvalue weighted by molar-refractivity contribution is 5.82. The molecule has 0 atom stereocenters. The van der Waals surface area contributed by atoms with E-state index >= 15 is 0 Å². The van der Waals surface area contributed by atoms with Crippen molar-refractivity contribution in [3.05, 3.63) is 107 Å². The minimum absolute atomic E-state index is 0.962. The highest BCUT2D eigenvalue weighted by Crippen LogP contribution is 2.40. The quantitative estimate of drug-likeness (QED) is 0.323. The smallest absolute Gasteiger partial charge is 0.000684 e. The normalized spacial score (nSPS) is 11.9. The van der Waals surface area contributed by atoms with Gasteiger partial charge in [0.2, 0.25) is 0 Å². The lowest BCUT2D eigenvalue weighted by Gasteiger charge is -2.07. The molecule has 0 aromatic heterocycles. The average molecular weight is 345 g/mol. The molecular formula is C27H21. The second-order valence-corrected chi connectivity index (χ2v) is 7.54. The summed E-state index contributed by atoms with van der Waals surface area (Å²) < 4.78 is 0. The van der Waals surface area contributed by atoms with Crippen LogP contribution in [0, 0.1) is 19.9 Å². The molecule has 27 heavy (non-hydrogen) atoms. The number of hydrogen-bond donors (Lipinski definition) is 0. The molecule has 5 rings (SSSR count). The molecule has 0 saturated heterocycles. The van der Waals surface area contributed by atoms with Gasteiger partial charge in [-0.15, -0.1) is 0 Å². The summed E-state index contributed by atoms with van der Waals surface area (Å²) in [6.07, 6.45) is 0.962. The van der Waals surface area contributed by atoms with Crippen molar-refractivity contribution >= 4 is 0 Å². The third-order valence-electron chi connectivity index (χ3n) is 5.54. The first-order chi connectivity index (χ1) is 13.2. The van der Waals surface area contributed by atoms with Gasteiger partial charge < -0.3 is 0 Å². The zero-order chi connectivity index (χ0) is 18.4. The van der Waals surface area contributed by atoms with Crippen LogP contribution in [-0.4, -0.2) is 0 Å². The Morgan fingerprint density at radius 2 is 1.19 bits per heavy atom. The molecule has 0 saturated carbocycles. The highest BCUT2D eigenvalue weighted by atomic mass is 14.2. The van der Waals surface area contributed by atoms with Gasteiger partial charge in [-0.1, -0.05) is 90.0 Å². The fourth-order valence-electron chi connectivity index (χ4n) is 3.95. The average Bonchev–Trinajstić information content (AvgIpc) is 3.06. The molecule has 0 amide bonds. The van der Waals surface area contributed by atoms with Crippen molar-refractivity contribution in [2.24, 2.45) is 0 Å². The van der Waals surface area contributed by atoms with Crippen molar-refractivity contribution in [3.63, 3.8) is 0 Å². The van der Waals surface area contributed by atoms with Crippen LogP contribution in [0.3, 0.4) is 0 Å². The molecular weight excluding hydrogens is 324 g/mol. The molecule has 0 N–H and O–H groups in total. The Morgan fingerprint density at radius 3 is 1.89 bits per heavy atom. The van der Waals surface area contributed by atoms with Gasteiger partial charge in [-0.3, -0.25) is 0 Å². The van der Waals surface area contributed by atoms with Crippen LogP contribution in [0.25, 0.3) is 33.4 Å². The van der Waals surface area contributed by atoms with Gasteiger partial charge in [-0.25, -0.2) is 0 Å². The van der Waals surface area contributed by atoms with Gasteiger partial charge in [-0.05, 0) is 70.8 Å². The first-order valence-electron chi connectivity index (χ1n) is 9.50. The van der Waals surface area contributed by atoms with Crippen molar-refractivity contribution in [3.8, 4) is 33.4 Å². The van der Waals surface area contributed by atoms with E-state index in [1.165, 1.54) is 55.6 Å². The van der Waals surface area contributed by atoms with E-state index in [0.29, 0.717) is 0 Å². The first-order valence-corrected chi connectivity index (χ1v) is 9.50. The standard InChI is InChI=1S/C27H21/c1-18-3-7-20(8-4-18)22-11-13-26-24(15-22)17-25-16-23(12-14-27(25)26)21-9-5-19(2)6-10-21/h3-15H,17H2,1-2H3. The number of benzene rings is 4. The second kappa shape index (κ2) is 6.25. The Balaban J connectivity index is 1.51. The summed E-state index contributed by atoms with van der Waals surface area (Å²) in [4.78, 5) is 0. The van der Waals surface area contributed by atoms with Crippen molar-refractivity contribution in [1.82, 2.24) is 0 Å². The lowest BCUT2D eigenvalue weighted by molar-refractivity contribution is 1.26. The predicted octanol–water partition coefficient (Wildman–Crippen LogP) is 7.01. The molecule has 0 unspecified atom stereocenters. The van der Waals surface area contributed by atoms with Gasteiger partial charge in [0, 0.05) is 0 Å². The van der Waals surface area contributed by atoms with Gasteiger partial charge >= 0.3 is 0 Å². The molecule has 0 heteroatoms. The fraction of sp³-hybridized carbons (Fsp3) is 0.111. The summed E-state index contributed by atoms with van der Waals surface area (Å²) in [6.45, 7) is 4.25. The van der Waals surface area contributed by atoms with Gasteiger partial charge in [0.25, 0.3) is 0 Å². The SMILES string of the molecule is Cc1ccc(-c2[c]c3c(cc2)-c2ccc(-c4ccc(C)cc4)cc2C3)cc1. The molecule has 4 aromatic rings. The third kappa shape index (κ3) is 2.88. The van der Waals surface area contributed by atoms with Crippen LogP contribution in [0.1, 0.15) is 22.3 Å². The Morgan fingerprint density at radius 1 is 0.593 bits per heavy atom. The molecule has 0 fully saturated rings. The molecule has 4 aromatic carbocycles. The van der Waals surface area contributed by atoms with Crippen LogP contribution in [0.4, 0.5) is 0 Å². The summed E-state index contributed by atoms with van der Waals surface area (Å²) in [5.74, 6) is 0. The van der Waals surface area contributed by atoms with E-state index < -0.39 is 0 Å². The zero-order valence-corrected chi connectivity index (χ0v) is 15.7. The molecule has 129 valence electrons. The van der Waals surface area contributed by atoms with Crippen molar-refractivity contribution < 1.29 is 0 Å². The van der Waals surface area contributed by atoms with Crippen molar-refractivity contribution in [2.45, 2.75) is 20.3 Å². The lowest BCUT2D eigenvalue weighted by Crippen LogP contribution is -1.85. The minimum Gasteiger partial charge on any atom is -0.0587 e. The Kier molecular flexibility index (Phi) is 3.72. The van der Waals surface area contributed by atoms with Crippen LogP contribution >= 0.6 is 0 Å². The number of hydrogen-bond acceptors (Lipinski definition) is 0. The van der Waals surface area contributed by atoms with Crippen LogP contribution in [0.2, 0.25) is 0 Å². The van der Waals surface area contributed by atoms with E-state index in [1.54, 1.807) is 0 Å². The third-order valence-corrected chi connectivity index (χ3v) is 5.54. The molecule has 1 aliphatic carbocycles.